The van der Waals surface area contributed by atoms with Gasteiger partial charge in [-0.05, 0) is 56.7 Å². The lowest BCUT2D eigenvalue weighted by atomic mass is 9.87. The first-order chi connectivity index (χ1) is 11.1. The quantitative estimate of drug-likeness (QED) is 0.782. The minimum absolute atomic E-state index is 0.0168. The molecule has 6 nitrogen and oxygen atoms in total. The van der Waals surface area contributed by atoms with Gasteiger partial charge in [0, 0.05) is 19.3 Å². The summed E-state index contributed by atoms with van der Waals surface area (Å²) in [5.41, 5.74) is 0.698. The molecule has 2 aliphatic heterocycles. The number of nitrogens with zero attached hydrogens (tertiary/aromatic N) is 1. The van der Waals surface area contributed by atoms with E-state index in [4.69, 9.17) is 9.94 Å². The largest absolute Gasteiger partial charge is 0.481 e. The van der Waals surface area contributed by atoms with Gasteiger partial charge in [-0.25, -0.2) is 0 Å². The van der Waals surface area contributed by atoms with Gasteiger partial charge in [0.1, 0.15) is 0 Å². The Morgan fingerprint density at radius 1 is 1.39 bits per heavy atom. The van der Waals surface area contributed by atoms with Gasteiger partial charge < -0.3 is 15.3 Å². The van der Waals surface area contributed by atoms with Crippen LogP contribution in [0.1, 0.15) is 51.4 Å². The molecule has 1 saturated heterocycles. The highest BCUT2D eigenvalue weighted by Gasteiger charge is 2.49. The number of carboxylic acids is 1. The standard InChI is InChI=1S/C17H24N2O4/c20-15(21)4-2-13-5-8-17(16(13)22)11-14(19-23-17)3-1-12-6-9-18-10-7-12/h5,12,18H,1-4,6-11H2,(H,20,21). The van der Waals surface area contributed by atoms with Crippen LogP contribution in [0.2, 0.25) is 0 Å². The second-order valence-electron chi connectivity index (χ2n) is 6.81. The zero-order valence-corrected chi connectivity index (χ0v) is 13.3. The third-order valence-electron chi connectivity index (χ3n) is 5.13. The summed E-state index contributed by atoms with van der Waals surface area (Å²) in [5.74, 6) is -0.218. The molecule has 0 aromatic rings. The topological polar surface area (TPSA) is 88.0 Å². The van der Waals surface area contributed by atoms with E-state index in [2.05, 4.69) is 10.5 Å². The summed E-state index contributed by atoms with van der Waals surface area (Å²) in [6, 6.07) is 0. The summed E-state index contributed by atoms with van der Waals surface area (Å²) >= 11 is 0. The van der Waals surface area contributed by atoms with Crippen molar-refractivity contribution in [2.75, 3.05) is 13.1 Å². The van der Waals surface area contributed by atoms with Crippen molar-refractivity contribution in [3.63, 3.8) is 0 Å². The maximum atomic E-state index is 12.5. The summed E-state index contributed by atoms with van der Waals surface area (Å²) in [6.07, 6.45) is 7.58. The van der Waals surface area contributed by atoms with Crippen LogP contribution in [0.5, 0.6) is 0 Å². The molecule has 6 heteroatoms. The van der Waals surface area contributed by atoms with Crippen LogP contribution in [0.4, 0.5) is 0 Å². The molecule has 0 aromatic heterocycles. The SMILES string of the molecule is O=C(O)CCC1=CCC2(CC(CCC3CCNCC3)=NO2)C1=O. The molecule has 0 saturated carbocycles. The van der Waals surface area contributed by atoms with E-state index in [1.165, 1.54) is 12.8 Å². The molecular weight excluding hydrogens is 296 g/mol. The Kier molecular flexibility index (Phi) is 4.80. The minimum Gasteiger partial charge on any atom is -0.481 e. The highest BCUT2D eigenvalue weighted by molar-refractivity contribution is 6.08. The lowest BCUT2D eigenvalue weighted by Crippen LogP contribution is -2.36. The van der Waals surface area contributed by atoms with Gasteiger partial charge in [0.2, 0.25) is 11.4 Å². The highest BCUT2D eigenvalue weighted by atomic mass is 16.7. The Morgan fingerprint density at radius 3 is 2.91 bits per heavy atom. The summed E-state index contributed by atoms with van der Waals surface area (Å²) in [7, 11) is 0. The van der Waals surface area contributed by atoms with Crippen LogP contribution in [0.25, 0.3) is 0 Å². The molecule has 126 valence electrons. The smallest absolute Gasteiger partial charge is 0.303 e. The molecule has 0 amide bonds. The summed E-state index contributed by atoms with van der Waals surface area (Å²) < 4.78 is 0. The van der Waals surface area contributed by atoms with Gasteiger partial charge in [0.25, 0.3) is 0 Å². The molecule has 0 bridgehead atoms. The maximum Gasteiger partial charge on any atom is 0.303 e. The van der Waals surface area contributed by atoms with E-state index in [1.54, 1.807) is 0 Å². The molecule has 0 radical (unpaired) electrons. The van der Waals surface area contributed by atoms with E-state index in [-0.39, 0.29) is 18.6 Å². The third-order valence-corrected chi connectivity index (χ3v) is 5.13. The molecule has 23 heavy (non-hydrogen) atoms. The zero-order chi connectivity index (χ0) is 16.3. The molecule has 1 aliphatic carbocycles. The average Bonchev–Trinajstić information content (AvgIpc) is 3.10. The molecule has 1 spiro atoms. The number of aliphatic carboxylic acids is 1. The first kappa shape index (κ1) is 16.2. The van der Waals surface area contributed by atoms with Gasteiger partial charge in [-0.3, -0.25) is 9.59 Å². The fourth-order valence-corrected chi connectivity index (χ4v) is 3.68. The number of carboxylic acid groups (broad SMARTS) is 1. The summed E-state index contributed by atoms with van der Waals surface area (Å²) in [6.45, 7) is 2.18. The van der Waals surface area contributed by atoms with Gasteiger partial charge in [0.05, 0.1) is 5.71 Å². The van der Waals surface area contributed by atoms with E-state index in [0.717, 1.165) is 37.6 Å². The van der Waals surface area contributed by atoms with Gasteiger partial charge in [-0.15, -0.1) is 0 Å². The van der Waals surface area contributed by atoms with Crippen LogP contribution in [0.15, 0.2) is 16.8 Å². The predicted octanol–water partition coefficient (Wildman–Crippen LogP) is 2.05. The van der Waals surface area contributed by atoms with Crippen LogP contribution in [-0.4, -0.2) is 41.3 Å². The van der Waals surface area contributed by atoms with E-state index in [9.17, 15) is 9.59 Å². The molecule has 1 atom stereocenters. The van der Waals surface area contributed by atoms with E-state index in [0.29, 0.717) is 18.4 Å². The Labute approximate surface area is 136 Å². The molecule has 3 aliphatic rings. The summed E-state index contributed by atoms with van der Waals surface area (Å²) in [5, 5.41) is 16.3. The number of hydrogen-bond acceptors (Lipinski definition) is 5. The van der Waals surface area contributed by atoms with Crippen molar-refractivity contribution in [1.29, 1.82) is 0 Å². The number of nitrogens with one attached hydrogen (secondary N) is 1. The number of carbonyl (C=O) groups excluding carboxylic acids is 1. The van der Waals surface area contributed by atoms with Crippen molar-refractivity contribution < 1.29 is 19.5 Å². The van der Waals surface area contributed by atoms with E-state index < -0.39 is 11.6 Å². The number of piperidine rings is 1. The molecule has 0 aromatic carbocycles. The van der Waals surface area contributed by atoms with Crippen molar-refractivity contribution in [1.82, 2.24) is 5.32 Å². The Hall–Kier alpha value is -1.69. The van der Waals surface area contributed by atoms with Crippen LogP contribution >= 0.6 is 0 Å². The second-order valence-corrected chi connectivity index (χ2v) is 6.81. The Bertz CT molecular complexity index is 549. The molecule has 3 rings (SSSR count). The van der Waals surface area contributed by atoms with Crippen LogP contribution in [0.3, 0.4) is 0 Å². The van der Waals surface area contributed by atoms with E-state index >= 15 is 0 Å². The minimum atomic E-state index is -0.883. The van der Waals surface area contributed by atoms with Crippen molar-refractivity contribution in [2.24, 2.45) is 11.1 Å². The van der Waals surface area contributed by atoms with E-state index in [1.807, 2.05) is 6.08 Å². The highest BCUT2D eigenvalue weighted by Crippen LogP contribution is 2.39. The zero-order valence-electron chi connectivity index (χ0n) is 13.3. The van der Waals surface area contributed by atoms with Crippen LogP contribution in [0, 0.1) is 5.92 Å². The second kappa shape index (κ2) is 6.83. The fraction of sp³-hybridized carbons (Fsp3) is 0.706. The number of Topliss-reactive ketones (excluding diaryl/α,β-unsaturated/α-hetero) is 1. The van der Waals surface area contributed by atoms with Crippen molar-refractivity contribution in [3.8, 4) is 0 Å². The molecule has 1 unspecified atom stereocenters. The number of oxime groups is 1. The number of rotatable bonds is 6. The van der Waals surface area contributed by atoms with Gasteiger partial charge in [0.15, 0.2) is 0 Å². The lowest BCUT2D eigenvalue weighted by Gasteiger charge is -2.22. The van der Waals surface area contributed by atoms with Gasteiger partial charge >= 0.3 is 5.97 Å². The maximum absolute atomic E-state index is 12.5. The monoisotopic (exact) mass is 320 g/mol. The van der Waals surface area contributed by atoms with Crippen LogP contribution < -0.4 is 5.32 Å². The number of hydrogen-bond donors (Lipinski definition) is 2. The van der Waals surface area contributed by atoms with Crippen molar-refractivity contribution >= 4 is 17.5 Å². The number of ketones is 1. The predicted molar refractivity (Wildman–Crippen MR) is 85.3 cm³/mol. The Morgan fingerprint density at radius 2 is 2.17 bits per heavy atom. The first-order valence-corrected chi connectivity index (χ1v) is 8.49. The number of carbonyl (C=O) groups is 2. The van der Waals surface area contributed by atoms with Gasteiger partial charge in [-0.2, -0.15) is 0 Å². The molecular formula is C17H24N2O4. The van der Waals surface area contributed by atoms with Gasteiger partial charge in [-0.1, -0.05) is 11.2 Å². The molecule has 1 fully saturated rings. The fourth-order valence-electron chi connectivity index (χ4n) is 3.68. The Balaban J connectivity index is 1.48. The summed E-state index contributed by atoms with van der Waals surface area (Å²) in [4.78, 5) is 28.7. The lowest BCUT2D eigenvalue weighted by molar-refractivity contribution is -0.137. The molecule has 2 heterocycles. The first-order valence-electron chi connectivity index (χ1n) is 8.49. The molecule has 2 N–H and O–H groups in total. The third kappa shape index (κ3) is 3.63. The van der Waals surface area contributed by atoms with Crippen molar-refractivity contribution in [2.45, 2.75) is 57.0 Å². The van der Waals surface area contributed by atoms with Crippen LogP contribution in [-0.2, 0) is 14.4 Å². The normalized spacial score (nSPS) is 27.9. The average molecular weight is 320 g/mol. The van der Waals surface area contributed by atoms with Crippen molar-refractivity contribution in [3.05, 3.63) is 11.6 Å².